The number of aromatic nitrogens is 2. The Bertz CT molecular complexity index is 400. The first-order valence-corrected chi connectivity index (χ1v) is 7.66. The molecule has 1 N–H and O–H groups in total. The highest BCUT2D eigenvalue weighted by atomic mass is 16.5. The van der Waals surface area contributed by atoms with Crippen molar-refractivity contribution >= 4 is 0 Å². The smallest absolute Gasteiger partial charge is 0.243 e. The van der Waals surface area contributed by atoms with Gasteiger partial charge in [0.25, 0.3) is 0 Å². The third-order valence-corrected chi connectivity index (χ3v) is 4.42. The van der Waals surface area contributed by atoms with Crippen LogP contribution in [0.5, 0.6) is 0 Å². The van der Waals surface area contributed by atoms with Crippen LogP contribution in [0.2, 0.25) is 0 Å². The Morgan fingerprint density at radius 2 is 2.26 bits per heavy atom. The first-order chi connectivity index (χ1) is 9.36. The Balaban J connectivity index is 1.62. The van der Waals surface area contributed by atoms with Gasteiger partial charge < -0.3 is 14.7 Å². The van der Waals surface area contributed by atoms with Crippen molar-refractivity contribution in [2.45, 2.75) is 57.5 Å². The highest BCUT2D eigenvalue weighted by Gasteiger charge is 2.25. The van der Waals surface area contributed by atoms with Crippen molar-refractivity contribution in [2.75, 3.05) is 19.6 Å². The lowest BCUT2D eigenvalue weighted by Crippen LogP contribution is -2.40. The highest BCUT2D eigenvalue weighted by molar-refractivity contribution is 4.97. The van der Waals surface area contributed by atoms with Gasteiger partial charge >= 0.3 is 0 Å². The Labute approximate surface area is 114 Å². The molecular weight excluding hydrogens is 240 g/mol. The number of likely N-dealkylation sites (tertiary alicyclic amines) is 1. The molecule has 0 radical (unpaired) electrons. The van der Waals surface area contributed by atoms with E-state index in [2.05, 4.69) is 27.3 Å². The lowest BCUT2D eigenvalue weighted by molar-refractivity contribution is 0.153. The van der Waals surface area contributed by atoms with Crippen LogP contribution in [0.3, 0.4) is 0 Å². The monoisotopic (exact) mass is 264 g/mol. The molecule has 0 bridgehead atoms. The largest absolute Gasteiger partial charge is 0.338 e. The van der Waals surface area contributed by atoms with Crippen molar-refractivity contribution in [2.24, 2.45) is 0 Å². The van der Waals surface area contributed by atoms with Gasteiger partial charge in [-0.3, -0.25) is 0 Å². The molecule has 0 amide bonds. The lowest BCUT2D eigenvalue weighted by Gasteiger charge is -2.34. The fourth-order valence-electron chi connectivity index (χ4n) is 3.31. The van der Waals surface area contributed by atoms with Gasteiger partial charge in [-0.05, 0) is 45.3 Å². The van der Waals surface area contributed by atoms with E-state index in [0.717, 1.165) is 37.6 Å². The molecule has 19 heavy (non-hydrogen) atoms. The van der Waals surface area contributed by atoms with Gasteiger partial charge in [0.1, 0.15) is 0 Å². The van der Waals surface area contributed by atoms with E-state index in [1.165, 1.54) is 32.2 Å². The summed E-state index contributed by atoms with van der Waals surface area (Å²) in [5, 5.41) is 7.57. The minimum absolute atomic E-state index is 0.287. The molecule has 0 aromatic carbocycles. The van der Waals surface area contributed by atoms with Crippen LogP contribution in [0.25, 0.3) is 0 Å². The van der Waals surface area contributed by atoms with Gasteiger partial charge in [0.15, 0.2) is 5.82 Å². The molecule has 5 heteroatoms. The van der Waals surface area contributed by atoms with Crippen LogP contribution in [-0.2, 0) is 6.42 Å². The summed E-state index contributed by atoms with van der Waals surface area (Å²) < 4.78 is 5.42. The number of likely N-dealkylation sites (N-methyl/N-ethyl adjacent to an activating group) is 1. The average molecular weight is 264 g/mol. The van der Waals surface area contributed by atoms with Crippen molar-refractivity contribution < 1.29 is 4.52 Å². The topological polar surface area (TPSA) is 54.2 Å². The molecule has 2 aliphatic rings. The number of piperidine rings is 1. The summed E-state index contributed by atoms with van der Waals surface area (Å²) in [5.74, 6) is 1.67. The SMILES string of the molecule is CCN1CCCCC1Cc1noc(C2CCCN2)n1. The molecule has 2 fully saturated rings. The summed E-state index contributed by atoms with van der Waals surface area (Å²) in [6.45, 7) is 5.65. The van der Waals surface area contributed by atoms with Crippen LogP contribution >= 0.6 is 0 Å². The van der Waals surface area contributed by atoms with Crippen LogP contribution in [0.1, 0.15) is 56.8 Å². The van der Waals surface area contributed by atoms with Gasteiger partial charge in [0.2, 0.25) is 5.89 Å². The summed E-state index contributed by atoms with van der Waals surface area (Å²) in [4.78, 5) is 7.14. The molecule has 2 aliphatic heterocycles. The average Bonchev–Trinajstić information content (AvgIpc) is 3.09. The fourth-order valence-corrected chi connectivity index (χ4v) is 3.31. The van der Waals surface area contributed by atoms with Crippen molar-refractivity contribution in [1.82, 2.24) is 20.4 Å². The Kier molecular flexibility index (Phi) is 4.13. The van der Waals surface area contributed by atoms with E-state index < -0.39 is 0 Å². The number of nitrogens with zero attached hydrogens (tertiary/aromatic N) is 3. The normalized spacial score (nSPS) is 28.9. The number of hydrogen-bond donors (Lipinski definition) is 1. The van der Waals surface area contributed by atoms with Crippen LogP contribution in [-0.4, -0.2) is 40.7 Å². The summed E-state index contributed by atoms with van der Waals surface area (Å²) >= 11 is 0. The zero-order valence-electron chi connectivity index (χ0n) is 11.8. The minimum Gasteiger partial charge on any atom is -0.338 e. The second-order valence-corrected chi connectivity index (χ2v) is 5.68. The van der Waals surface area contributed by atoms with Crippen molar-refractivity contribution in [1.29, 1.82) is 0 Å². The van der Waals surface area contributed by atoms with Gasteiger partial charge in [-0.2, -0.15) is 4.98 Å². The molecule has 1 aromatic heterocycles. The molecule has 3 heterocycles. The number of hydrogen-bond acceptors (Lipinski definition) is 5. The van der Waals surface area contributed by atoms with Gasteiger partial charge in [-0.25, -0.2) is 0 Å². The molecule has 2 saturated heterocycles. The van der Waals surface area contributed by atoms with Crippen molar-refractivity contribution in [3.63, 3.8) is 0 Å². The van der Waals surface area contributed by atoms with E-state index in [1.807, 2.05) is 0 Å². The predicted octanol–water partition coefficient (Wildman–Crippen LogP) is 1.91. The first kappa shape index (κ1) is 13.1. The minimum atomic E-state index is 0.287. The maximum Gasteiger partial charge on any atom is 0.243 e. The molecule has 0 aliphatic carbocycles. The number of nitrogens with one attached hydrogen (secondary N) is 1. The second kappa shape index (κ2) is 6.01. The molecule has 3 rings (SSSR count). The van der Waals surface area contributed by atoms with Crippen molar-refractivity contribution in [3.8, 4) is 0 Å². The molecule has 2 unspecified atom stereocenters. The van der Waals surface area contributed by atoms with E-state index in [1.54, 1.807) is 0 Å². The standard InChI is InChI=1S/C14H24N4O/c1-2-18-9-4-3-6-11(18)10-13-16-14(19-17-13)12-7-5-8-15-12/h11-12,15H,2-10H2,1H3. The van der Waals surface area contributed by atoms with Gasteiger partial charge in [-0.1, -0.05) is 18.5 Å². The predicted molar refractivity (Wildman–Crippen MR) is 72.9 cm³/mol. The Morgan fingerprint density at radius 3 is 3.05 bits per heavy atom. The van der Waals surface area contributed by atoms with E-state index in [9.17, 15) is 0 Å². The fraction of sp³-hybridized carbons (Fsp3) is 0.857. The van der Waals surface area contributed by atoms with E-state index in [4.69, 9.17) is 4.52 Å². The zero-order chi connectivity index (χ0) is 13.1. The maximum absolute atomic E-state index is 5.42. The molecule has 5 nitrogen and oxygen atoms in total. The Hall–Kier alpha value is -0.940. The van der Waals surface area contributed by atoms with Crippen LogP contribution in [0.4, 0.5) is 0 Å². The van der Waals surface area contributed by atoms with Crippen molar-refractivity contribution in [3.05, 3.63) is 11.7 Å². The first-order valence-electron chi connectivity index (χ1n) is 7.66. The molecule has 1 aromatic rings. The van der Waals surface area contributed by atoms with Gasteiger partial charge in [0, 0.05) is 12.5 Å². The van der Waals surface area contributed by atoms with Gasteiger partial charge in [0.05, 0.1) is 6.04 Å². The summed E-state index contributed by atoms with van der Waals surface area (Å²) in [6.07, 6.45) is 7.17. The summed E-state index contributed by atoms with van der Waals surface area (Å²) in [5.41, 5.74) is 0. The van der Waals surface area contributed by atoms with Crippen LogP contribution < -0.4 is 5.32 Å². The van der Waals surface area contributed by atoms with E-state index in [0.29, 0.717) is 6.04 Å². The quantitative estimate of drug-likeness (QED) is 0.900. The number of rotatable bonds is 4. The molecule has 0 spiro atoms. The Morgan fingerprint density at radius 1 is 1.32 bits per heavy atom. The third kappa shape index (κ3) is 2.98. The maximum atomic E-state index is 5.42. The highest BCUT2D eigenvalue weighted by Crippen LogP contribution is 2.23. The van der Waals surface area contributed by atoms with Crippen LogP contribution in [0.15, 0.2) is 4.52 Å². The van der Waals surface area contributed by atoms with Gasteiger partial charge in [-0.15, -0.1) is 0 Å². The molecular formula is C14H24N4O. The lowest BCUT2D eigenvalue weighted by atomic mass is 9.99. The summed E-state index contributed by atoms with van der Waals surface area (Å²) in [7, 11) is 0. The molecule has 0 saturated carbocycles. The van der Waals surface area contributed by atoms with E-state index >= 15 is 0 Å². The van der Waals surface area contributed by atoms with Crippen LogP contribution in [0, 0.1) is 0 Å². The summed E-state index contributed by atoms with van der Waals surface area (Å²) in [6, 6.07) is 0.885. The zero-order valence-corrected chi connectivity index (χ0v) is 11.8. The van der Waals surface area contributed by atoms with E-state index in [-0.39, 0.29) is 6.04 Å². The second-order valence-electron chi connectivity index (χ2n) is 5.68. The third-order valence-electron chi connectivity index (χ3n) is 4.42. The molecule has 106 valence electrons. The molecule has 2 atom stereocenters.